The van der Waals surface area contributed by atoms with Crippen molar-refractivity contribution in [1.82, 2.24) is 0 Å². The van der Waals surface area contributed by atoms with Gasteiger partial charge in [0.2, 0.25) is 0 Å². The van der Waals surface area contributed by atoms with Crippen molar-refractivity contribution in [3.8, 4) is 0 Å². The predicted molar refractivity (Wildman–Crippen MR) is 103 cm³/mol. The molecule has 0 saturated carbocycles. The summed E-state index contributed by atoms with van der Waals surface area (Å²) in [7, 11) is -2.66. The van der Waals surface area contributed by atoms with Gasteiger partial charge >= 0.3 is 14.8 Å². The Labute approximate surface area is 155 Å². The molecule has 0 aromatic carbocycles. The normalized spacial score (nSPS) is 12.2. The topological polar surface area (TPSA) is 54.0 Å². The smallest absolute Gasteiger partial charge is 0.463 e. The largest absolute Gasteiger partial charge is 0.501 e. The third-order valence-electron chi connectivity index (χ3n) is 3.28. The minimum absolute atomic E-state index is 0.0868. The molecule has 148 valence electrons. The summed E-state index contributed by atoms with van der Waals surface area (Å²) in [6.45, 7) is 16.0. The zero-order valence-electron chi connectivity index (χ0n) is 17.0. The van der Waals surface area contributed by atoms with Gasteiger partial charge in [-0.1, -0.05) is 25.8 Å². The maximum Gasteiger partial charge on any atom is 0.501 e. The van der Waals surface area contributed by atoms with Crippen LogP contribution in [0, 0.1) is 0 Å². The van der Waals surface area contributed by atoms with E-state index in [1.165, 1.54) is 6.08 Å². The van der Waals surface area contributed by atoms with Crippen molar-refractivity contribution in [1.29, 1.82) is 0 Å². The second kappa shape index (κ2) is 13.5. The van der Waals surface area contributed by atoms with E-state index in [4.69, 9.17) is 18.0 Å². The summed E-state index contributed by atoms with van der Waals surface area (Å²) < 4.78 is 23.5. The third-order valence-corrected chi connectivity index (χ3v) is 6.74. The molecule has 0 heterocycles. The fourth-order valence-corrected chi connectivity index (χ4v) is 5.90. The van der Waals surface area contributed by atoms with E-state index >= 15 is 0 Å². The number of esters is 1. The Bertz CT molecular complexity index is 342. The highest BCUT2D eigenvalue weighted by Gasteiger charge is 2.43. The molecule has 0 N–H and O–H groups in total. The summed E-state index contributed by atoms with van der Waals surface area (Å²) in [4.78, 5) is 10.9. The van der Waals surface area contributed by atoms with Crippen molar-refractivity contribution < 1.29 is 22.8 Å². The van der Waals surface area contributed by atoms with Crippen LogP contribution in [-0.4, -0.2) is 39.7 Å². The summed E-state index contributed by atoms with van der Waals surface area (Å²) in [5, 5.41) is 0. The van der Waals surface area contributed by atoms with Crippen molar-refractivity contribution >= 4 is 14.8 Å². The Morgan fingerprint density at radius 3 is 1.72 bits per heavy atom. The average molecular weight is 375 g/mol. The summed E-state index contributed by atoms with van der Waals surface area (Å²) in [6.07, 6.45) is 6.59. The maximum atomic E-state index is 10.9. The lowest BCUT2D eigenvalue weighted by Crippen LogP contribution is -2.50. The van der Waals surface area contributed by atoms with Crippen molar-refractivity contribution in [3.63, 3.8) is 0 Å². The average Bonchev–Trinajstić information content (AvgIpc) is 2.47. The molecule has 0 aromatic heterocycles. The highest BCUT2D eigenvalue weighted by Crippen LogP contribution is 2.25. The number of hydrogen-bond donors (Lipinski definition) is 0. The van der Waals surface area contributed by atoms with Crippen molar-refractivity contribution in [2.24, 2.45) is 0 Å². The van der Waals surface area contributed by atoms with E-state index in [1.54, 1.807) is 0 Å². The molecule has 0 atom stereocenters. The molecule has 0 aliphatic carbocycles. The molecule has 0 bridgehead atoms. The summed E-state index contributed by atoms with van der Waals surface area (Å²) in [5.41, 5.74) is 0. The van der Waals surface area contributed by atoms with Gasteiger partial charge < -0.3 is 18.0 Å². The Kier molecular flexibility index (Phi) is 13.1. The van der Waals surface area contributed by atoms with Crippen molar-refractivity contribution in [3.05, 3.63) is 12.7 Å². The molecule has 25 heavy (non-hydrogen) atoms. The van der Waals surface area contributed by atoms with Crippen LogP contribution in [0.5, 0.6) is 0 Å². The lowest BCUT2D eigenvalue weighted by molar-refractivity contribution is -0.137. The molecule has 0 unspecified atom stereocenters. The fourth-order valence-electron chi connectivity index (χ4n) is 2.54. The first-order valence-corrected chi connectivity index (χ1v) is 11.5. The molecule has 6 heteroatoms. The third kappa shape index (κ3) is 13.2. The van der Waals surface area contributed by atoms with Crippen LogP contribution in [0.1, 0.15) is 73.6 Å². The van der Waals surface area contributed by atoms with Gasteiger partial charge in [0.05, 0.1) is 6.61 Å². The van der Waals surface area contributed by atoms with Gasteiger partial charge in [-0.25, -0.2) is 4.79 Å². The fraction of sp³-hybridized carbons (Fsp3) is 0.842. The number of rotatable bonds is 15. The van der Waals surface area contributed by atoms with Gasteiger partial charge in [0, 0.05) is 30.4 Å². The van der Waals surface area contributed by atoms with Crippen molar-refractivity contribution in [2.75, 3.05) is 6.61 Å². The van der Waals surface area contributed by atoms with Crippen LogP contribution in [0.3, 0.4) is 0 Å². The molecular formula is C19H38O5Si. The van der Waals surface area contributed by atoms with Crippen LogP contribution in [0.25, 0.3) is 0 Å². The quantitative estimate of drug-likeness (QED) is 0.177. The number of carbonyl (C=O) groups is 1. The second-order valence-electron chi connectivity index (χ2n) is 7.07. The first-order chi connectivity index (χ1) is 11.7. The summed E-state index contributed by atoms with van der Waals surface area (Å²) >= 11 is 0. The Morgan fingerprint density at radius 2 is 1.28 bits per heavy atom. The van der Waals surface area contributed by atoms with Gasteiger partial charge in [-0.05, 0) is 54.4 Å². The van der Waals surface area contributed by atoms with Crippen molar-refractivity contribution in [2.45, 2.75) is 98.0 Å². The van der Waals surface area contributed by atoms with E-state index in [0.29, 0.717) is 6.61 Å². The Hall–Kier alpha value is -0.693. The van der Waals surface area contributed by atoms with Crippen LogP contribution < -0.4 is 0 Å². The molecular weight excluding hydrogens is 336 g/mol. The monoisotopic (exact) mass is 374 g/mol. The molecule has 0 aliphatic rings. The molecule has 0 saturated heterocycles. The summed E-state index contributed by atoms with van der Waals surface area (Å²) in [6, 6.07) is 0.840. The molecule has 0 rings (SSSR count). The van der Waals surface area contributed by atoms with Crippen LogP contribution >= 0.6 is 0 Å². The molecule has 0 fully saturated rings. The SMILES string of the molecule is C=CC(=O)OCCCCCCC[Si](OC(C)C)(OC(C)C)OC(C)C. The van der Waals surface area contributed by atoms with E-state index < -0.39 is 8.80 Å². The Balaban J connectivity index is 4.28. The van der Waals surface area contributed by atoms with Crippen LogP contribution in [-0.2, 0) is 22.8 Å². The van der Waals surface area contributed by atoms with E-state index in [0.717, 1.165) is 38.1 Å². The lowest BCUT2D eigenvalue weighted by Gasteiger charge is -2.34. The number of carbonyl (C=O) groups excluding carboxylic acids is 1. The highest BCUT2D eigenvalue weighted by atomic mass is 28.4. The van der Waals surface area contributed by atoms with Gasteiger partial charge in [0.25, 0.3) is 0 Å². The molecule has 0 aliphatic heterocycles. The first kappa shape index (κ1) is 24.3. The first-order valence-electron chi connectivity index (χ1n) is 9.53. The number of unbranched alkanes of at least 4 members (excludes halogenated alkanes) is 4. The maximum absolute atomic E-state index is 10.9. The minimum Gasteiger partial charge on any atom is -0.463 e. The van der Waals surface area contributed by atoms with Gasteiger partial charge in [0.1, 0.15) is 0 Å². The van der Waals surface area contributed by atoms with Gasteiger partial charge in [-0.3, -0.25) is 0 Å². The highest BCUT2D eigenvalue weighted by molar-refractivity contribution is 6.60. The van der Waals surface area contributed by atoms with Crippen LogP contribution in [0.15, 0.2) is 12.7 Å². The lowest BCUT2D eigenvalue weighted by atomic mass is 10.2. The minimum atomic E-state index is -2.66. The van der Waals surface area contributed by atoms with E-state index in [2.05, 4.69) is 6.58 Å². The predicted octanol–water partition coefficient (Wildman–Crippen LogP) is 4.88. The van der Waals surface area contributed by atoms with Gasteiger partial charge in [0.15, 0.2) is 0 Å². The van der Waals surface area contributed by atoms with Crippen LogP contribution in [0.4, 0.5) is 0 Å². The van der Waals surface area contributed by atoms with Gasteiger partial charge in [-0.2, -0.15) is 0 Å². The molecule has 0 amide bonds. The molecule has 5 nitrogen and oxygen atoms in total. The summed E-state index contributed by atoms with van der Waals surface area (Å²) in [5.74, 6) is -0.349. The molecule has 0 radical (unpaired) electrons. The standard InChI is InChI=1S/C19H38O5Si/c1-8-19(20)21-14-12-10-9-11-13-15-25(22-16(2)3,23-17(4)5)24-18(6)7/h8,16-18H,1,9-15H2,2-7H3. The van der Waals surface area contributed by atoms with Gasteiger partial charge in [-0.15, -0.1) is 0 Å². The second-order valence-corrected chi connectivity index (χ2v) is 9.65. The number of ether oxygens (including phenoxy) is 1. The van der Waals surface area contributed by atoms with E-state index in [9.17, 15) is 4.79 Å². The molecule has 0 spiro atoms. The molecule has 0 aromatic rings. The zero-order chi connectivity index (χ0) is 19.3. The Morgan fingerprint density at radius 1 is 0.840 bits per heavy atom. The zero-order valence-corrected chi connectivity index (χ0v) is 18.0. The van der Waals surface area contributed by atoms with Crippen LogP contribution in [0.2, 0.25) is 6.04 Å². The van der Waals surface area contributed by atoms with E-state index in [-0.39, 0.29) is 24.3 Å². The van der Waals surface area contributed by atoms with E-state index in [1.807, 2.05) is 41.5 Å². The number of hydrogen-bond acceptors (Lipinski definition) is 5.